The molecule has 4 nitrogen and oxygen atoms in total. The van der Waals surface area contributed by atoms with E-state index >= 15 is 0 Å². The minimum absolute atomic E-state index is 0.0591. The van der Waals surface area contributed by atoms with Crippen LogP contribution < -0.4 is 10.1 Å². The minimum Gasteiger partial charge on any atom is -0.484 e. The lowest BCUT2D eigenvalue weighted by molar-refractivity contribution is -0.123. The van der Waals surface area contributed by atoms with Gasteiger partial charge in [0.25, 0.3) is 5.91 Å². The summed E-state index contributed by atoms with van der Waals surface area (Å²) in [7, 11) is 0. The molecule has 1 amide bonds. The van der Waals surface area contributed by atoms with Crippen LogP contribution in [0, 0.1) is 0 Å². The Labute approximate surface area is 149 Å². The van der Waals surface area contributed by atoms with Crippen LogP contribution in [0.25, 0.3) is 11.1 Å². The molecule has 0 saturated carbocycles. The van der Waals surface area contributed by atoms with Crippen molar-refractivity contribution in [1.82, 2.24) is 10.2 Å². The first-order valence-electron chi connectivity index (χ1n) is 9.05. The highest BCUT2D eigenvalue weighted by molar-refractivity contribution is 5.77. The Balaban J connectivity index is 1.44. The van der Waals surface area contributed by atoms with Crippen LogP contribution in [0.1, 0.15) is 19.8 Å². The highest BCUT2D eigenvalue weighted by atomic mass is 16.5. The quantitative estimate of drug-likeness (QED) is 0.842. The van der Waals surface area contributed by atoms with Crippen LogP contribution in [0.4, 0.5) is 0 Å². The van der Waals surface area contributed by atoms with Crippen molar-refractivity contribution in [1.29, 1.82) is 0 Å². The molecule has 1 atom stereocenters. The van der Waals surface area contributed by atoms with Crippen molar-refractivity contribution in [3.63, 3.8) is 0 Å². The lowest BCUT2D eigenvalue weighted by Gasteiger charge is -2.22. The Bertz CT molecular complexity index is 670. The number of nitrogens with zero attached hydrogens (tertiary/aromatic N) is 1. The summed E-state index contributed by atoms with van der Waals surface area (Å²) in [4.78, 5) is 14.4. The molecule has 0 bridgehead atoms. The molecule has 2 aromatic carbocycles. The molecule has 4 heteroatoms. The summed E-state index contributed by atoms with van der Waals surface area (Å²) in [5, 5.41) is 2.99. The molecule has 0 aromatic heterocycles. The number of likely N-dealkylation sites (N-methyl/N-ethyl adjacent to an activating group) is 1. The van der Waals surface area contributed by atoms with E-state index in [0.717, 1.165) is 25.1 Å². The highest BCUT2D eigenvalue weighted by Crippen LogP contribution is 2.22. The van der Waals surface area contributed by atoms with Gasteiger partial charge in [0.05, 0.1) is 0 Å². The van der Waals surface area contributed by atoms with E-state index in [-0.39, 0.29) is 12.5 Å². The standard InChI is InChI=1S/C21H26N2O2/c1-2-23-14-6-9-19(23)15-22-21(24)16-25-20-12-10-18(11-13-20)17-7-4-3-5-8-17/h3-5,7-8,10-13,19H,2,6,9,14-16H2,1H3,(H,22,24)/t19-/m1/s1. The van der Waals surface area contributed by atoms with Gasteiger partial charge in [0.15, 0.2) is 6.61 Å². The number of rotatable bonds is 7. The van der Waals surface area contributed by atoms with Gasteiger partial charge in [-0.1, -0.05) is 49.4 Å². The number of hydrogen-bond donors (Lipinski definition) is 1. The minimum atomic E-state index is -0.0601. The van der Waals surface area contributed by atoms with Crippen molar-refractivity contribution < 1.29 is 9.53 Å². The molecule has 0 unspecified atom stereocenters. The molecule has 3 rings (SSSR count). The maximum absolute atomic E-state index is 12.0. The number of amides is 1. The van der Waals surface area contributed by atoms with E-state index in [4.69, 9.17) is 4.74 Å². The monoisotopic (exact) mass is 338 g/mol. The summed E-state index contributed by atoms with van der Waals surface area (Å²) in [6.07, 6.45) is 2.38. The molecular weight excluding hydrogens is 312 g/mol. The molecule has 132 valence electrons. The molecular formula is C21H26N2O2. The van der Waals surface area contributed by atoms with Crippen LogP contribution in [-0.4, -0.2) is 43.1 Å². The van der Waals surface area contributed by atoms with E-state index in [1.807, 2.05) is 42.5 Å². The van der Waals surface area contributed by atoms with Gasteiger partial charge in [0.1, 0.15) is 5.75 Å². The summed E-state index contributed by atoms with van der Waals surface area (Å²) < 4.78 is 5.60. The van der Waals surface area contributed by atoms with E-state index in [9.17, 15) is 4.79 Å². The van der Waals surface area contributed by atoms with E-state index < -0.39 is 0 Å². The second-order valence-corrected chi connectivity index (χ2v) is 6.41. The number of nitrogens with one attached hydrogen (secondary N) is 1. The van der Waals surface area contributed by atoms with E-state index in [2.05, 4.69) is 29.3 Å². The van der Waals surface area contributed by atoms with Gasteiger partial charge in [-0.2, -0.15) is 0 Å². The first-order chi connectivity index (χ1) is 12.3. The lowest BCUT2D eigenvalue weighted by atomic mass is 10.1. The van der Waals surface area contributed by atoms with Gasteiger partial charge < -0.3 is 10.1 Å². The van der Waals surface area contributed by atoms with E-state index in [0.29, 0.717) is 18.3 Å². The Morgan fingerprint density at radius 2 is 1.84 bits per heavy atom. The number of likely N-dealkylation sites (tertiary alicyclic amines) is 1. The summed E-state index contributed by atoms with van der Waals surface area (Å²) >= 11 is 0. The Morgan fingerprint density at radius 3 is 2.56 bits per heavy atom. The van der Waals surface area contributed by atoms with Gasteiger partial charge in [-0.25, -0.2) is 0 Å². The normalized spacial score (nSPS) is 17.4. The molecule has 1 heterocycles. The third-order valence-electron chi connectivity index (χ3n) is 4.77. The fourth-order valence-electron chi connectivity index (χ4n) is 3.35. The second-order valence-electron chi connectivity index (χ2n) is 6.41. The molecule has 1 aliphatic rings. The van der Waals surface area contributed by atoms with Crippen LogP contribution in [0.15, 0.2) is 54.6 Å². The maximum atomic E-state index is 12.0. The summed E-state index contributed by atoms with van der Waals surface area (Å²) in [6, 6.07) is 18.5. The van der Waals surface area contributed by atoms with Crippen molar-refractivity contribution >= 4 is 5.91 Å². The van der Waals surface area contributed by atoms with Crippen LogP contribution in [0.3, 0.4) is 0 Å². The van der Waals surface area contributed by atoms with Gasteiger partial charge in [0.2, 0.25) is 0 Å². The largest absolute Gasteiger partial charge is 0.484 e. The number of carbonyl (C=O) groups excluding carboxylic acids is 1. The smallest absolute Gasteiger partial charge is 0.257 e. The predicted molar refractivity (Wildman–Crippen MR) is 101 cm³/mol. The van der Waals surface area contributed by atoms with Crippen LogP contribution in [0.2, 0.25) is 0 Å². The summed E-state index contributed by atoms with van der Waals surface area (Å²) in [5.74, 6) is 0.654. The van der Waals surface area contributed by atoms with Crippen molar-refractivity contribution in [2.24, 2.45) is 0 Å². The van der Waals surface area contributed by atoms with Crippen molar-refractivity contribution in [3.8, 4) is 16.9 Å². The SMILES string of the molecule is CCN1CCC[C@@H]1CNC(=O)COc1ccc(-c2ccccc2)cc1. The molecule has 1 aliphatic heterocycles. The fraction of sp³-hybridized carbons (Fsp3) is 0.381. The van der Waals surface area contributed by atoms with Crippen molar-refractivity contribution in [2.45, 2.75) is 25.8 Å². The molecule has 0 aliphatic carbocycles. The number of ether oxygens (including phenoxy) is 1. The lowest BCUT2D eigenvalue weighted by Crippen LogP contribution is -2.41. The molecule has 1 fully saturated rings. The van der Waals surface area contributed by atoms with Crippen LogP contribution in [0.5, 0.6) is 5.75 Å². The number of carbonyl (C=O) groups is 1. The average molecular weight is 338 g/mol. The average Bonchev–Trinajstić information content (AvgIpc) is 3.13. The molecule has 2 aromatic rings. The van der Waals surface area contributed by atoms with Gasteiger partial charge in [0, 0.05) is 12.6 Å². The molecule has 1 saturated heterocycles. The zero-order chi connectivity index (χ0) is 17.5. The zero-order valence-electron chi connectivity index (χ0n) is 14.8. The van der Waals surface area contributed by atoms with Crippen molar-refractivity contribution in [2.75, 3.05) is 26.2 Å². The highest BCUT2D eigenvalue weighted by Gasteiger charge is 2.23. The van der Waals surface area contributed by atoms with Gasteiger partial charge in [-0.15, -0.1) is 0 Å². The molecule has 25 heavy (non-hydrogen) atoms. The molecule has 0 spiro atoms. The number of benzene rings is 2. The summed E-state index contributed by atoms with van der Waals surface area (Å²) in [5.41, 5.74) is 2.31. The third kappa shape index (κ3) is 4.83. The van der Waals surface area contributed by atoms with Crippen LogP contribution >= 0.6 is 0 Å². The Morgan fingerprint density at radius 1 is 1.12 bits per heavy atom. The first kappa shape index (κ1) is 17.5. The topological polar surface area (TPSA) is 41.6 Å². The molecule has 0 radical (unpaired) electrons. The van der Waals surface area contributed by atoms with E-state index in [1.54, 1.807) is 0 Å². The maximum Gasteiger partial charge on any atom is 0.257 e. The summed E-state index contributed by atoms with van der Waals surface area (Å²) in [6.45, 7) is 5.13. The van der Waals surface area contributed by atoms with Gasteiger partial charge in [-0.05, 0) is 49.2 Å². The second kappa shape index (κ2) is 8.67. The third-order valence-corrected chi connectivity index (χ3v) is 4.77. The van der Waals surface area contributed by atoms with E-state index in [1.165, 1.54) is 12.0 Å². The van der Waals surface area contributed by atoms with Gasteiger partial charge >= 0.3 is 0 Å². The number of hydrogen-bond acceptors (Lipinski definition) is 3. The first-order valence-corrected chi connectivity index (χ1v) is 9.05. The fourth-order valence-corrected chi connectivity index (χ4v) is 3.35. The Hall–Kier alpha value is -2.33. The van der Waals surface area contributed by atoms with Crippen LogP contribution in [-0.2, 0) is 4.79 Å². The Kier molecular flexibility index (Phi) is 6.07. The van der Waals surface area contributed by atoms with Crippen molar-refractivity contribution in [3.05, 3.63) is 54.6 Å². The predicted octanol–water partition coefficient (Wildman–Crippen LogP) is 3.33. The molecule has 1 N–H and O–H groups in total. The van der Waals surface area contributed by atoms with Gasteiger partial charge in [-0.3, -0.25) is 9.69 Å². The zero-order valence-corrected chi connectivity index (χ0v) is 14.8.